The first-order valence-electron chi connectivity index (χ1n) is 13.6. The molecule has 0 bridgehead atoms. The van der Waals surface area contributed by atoms with E-state index < -0.39 is 25.5 Å². The maximum Gasteiger partial charge on any atom is 0.335 e. The molecule has 4 N–H and O–H groups in total. The largest absolute Gasteiger partial charge is 0.335 e. The van der Waals surface area contributed by atoms with E-state index in [0.29, 0.717) is 36.8 Å². The van der Waals surface area contributed by atoms with Crippen LogP contribution in [0.3, 0.4) is 0 Å². The topological polar surface area (TPSA) is 115 Å². The average molecular weight is 541 g/mol. The molecule has 0 atom stereocenters. The van der Waals surface area contributed by atoms with Crippen LogP contribution >= 0.6 is 15.2 Å². The fourth-order valence-electron chi connectivity index (χ4n) is 5.45. The Balaban J connectivity index is 2.68. The first-order valence-corrected chi connectivity index (χ1v) is 16.8. The molecule has 2 aromatic carbocycles. The first-order chi connectivity index (χ1) is 16.9. The molecule has 36 heavy (non-hydrogen) atoms. The SMILES string of the molecule is CCCCC(CCCC)(c1ccc2cc(C(CCCC)(CCCC)P(=O)(O)O)ccc2c1)P(=O)(O)O. The fourth-order valence-corrected chi connectivity index (χ4v) is 8.20. The highest BCUT2D eigenvalue weighted by Gasteiger charge is 2.48. The zero-order chi connectivity index (χ0) is 27.0. The van der Waals surface area contributed by atoms with E-state index in [9.17, 15) is 28.7 Å². The Morgan fingerprint density at radius 2 is 0.833 bits per heavy atom. The molecule has 6 nitrogen and oxygen atoms in total. The highest BCUT2D eigenvalue weighted by molar-refractivity contribution is 7.53. The quantitative estimate of drug-likeness (QED) is 0.159. The molecule has 2 aromatic rings. The lowest BCUT2D eigenvalue weighted by atomic mass is 9.84. The summed E-state index contributed by atoms with van der Waals surface area (Å²) in [5.41, 5.74) is 1.30. The second-order valence-electron chi connectivity index (χ2n) is 10.3. The number of hydrogen-bond acceptors (Lipinski definition) is 2. The molecular formula is C28H46O6P2. The summed E-state index contributed by atoms with van der Waals surface area (Å²) in [7, 11) is -8.91. The summed E-state index contributed by atoms with van der Waals surface area (Å²) < 4.78 is 25.8. The molecule has 8 heteroatoms. The highest BCUT2D eigenvalue weighted by Crippen LogP contribution is 2.64. The summed E-state index contributed by atoms with van der Waals surface area (Å²) in [4.78, 5) is 42.1. The lowest BCUT2D eigenvalue weighted by molar-refractivity contribution is 0.299. The Morgan fingerprint density at radius 1 is 0.556 bits per heavy atom. The second-order valence-corrected chi connectivity index (χ2v) is 14.2. The van der Waals surface area contributed by atoms with Gasteiger partial charge in [-0.3, -0.25) is 9.13 Å². The van der Waals surface area contributed by atoms with Crippen molar-refractivity contribution >= 4 is 26.0 Å². The van der Waals surface area contributed by atoms with Gasteiger partial charge in [-0.1, -0.05) is 103 Å². The van der Waals surface area contributed by atoms with E-state index >= 15 is 0 Å². The van der Waals surface area contributed by atoms with Crippen molar-refractivity contribution in [1.82, 2.24) is 0 Å². The van der Waals surface area contributed by atoms with Crippen LogP contribution in [0, 0.1) is 0 Å². The van der Waals surface area contributed by atoms with Crippen LogP contribution < -0.4 is 0 Å². The first kappa shape index (κ1) is 31.2. The Morgan fingerprint density at radius 3 is 1.06 bits per heavy atom. The van der Waals surface area contributed by atoms with Gasteiger partial charge in [0.25, 0.3) is 0 Å². The molecule has 0 unspecified atom stereocenters. The number of hydrogen-bond donors (Lipinski definition) is 4. The monoisotopic (exact) mass is 540 g/mol. The fraction of sp³-hybridized carbons (Fsp3) is 0.643. The Kier molecular flexibility index (Phi) is 11.4. The molecule has 0 spiro atoms. The highest BCUT2D eigenvalue weighted by atomic mass is 31.2. The van der Waals surface area contributed by atoms with Crippen molar-refractivity contribution in [3.05, 3.63) is 47.5 Å². The number of unbranched alkanes of at least 4 members (excludes halogenated alkanes) is 4. The molecule has 0 radical (unpaired) electrons. The van der Waals surface area contributed by atoms with Gasteiger partial charge >= 0.3 is 15.2 Å². The standard InChI is InChI=1S/C28H46O6P2/c1-5-9-17-27(18-10-6-2,35(29,30)31)25-15-13-24-22-26(16-14-23(24)21-25)28(19-11-7-3,20-12-8-4)36(32,33)34/h13-16,21-22H,5-12,17-20H2,1-4H3,(H2,29,30,31)(H2,32,33,34). The van der Waals surface area contributed by atoms with Gasteiger partial charge in [0, 0.05) is 0 Å². The van der Waals surface area contributed by atoms with Gasteiger partial charge in [0.1, 0.15) is 0 Å². The third kappa shape index (κ3) is 6.70. The van der Waals surface area contributed by atoms with Crippen molar-refractivity contribution in [2.45, 2.75) is 115 Å². The van der Waals surface area contributed by atoms with Crippen molar-refractivity contribution in [1.29, 1.82) is 0 Å². The average Bonchev–Trinajstić information content (AvgIpc) is 2.82. The van der Waals surface area contributed by atoms with Gasteiger partial charge in [-0.05, 0) is 59.7 Å². The summed E-state index contributed by atoms with van der Waals surface area (Å²) >= 11 is 0. The van der Waals surface area contributed by atoms with E-state index in [1.165, 1.54) is 0 Å². The molecular weight excluding hydrogens is 494 g/mol. The lowest BCUT2D eigenvalue weighted by Crippen LogP contribution is -2.27. The van der Waals surface area contributed by atoms with Crippen LogP contribution in [0.4, 0.5) is 0 Å². The molecule has 0 heterocycles. The van der Waals surface area contributed by atoms with Crippen LogP contribution in [-0.4, -0.2) is 19.6 Å². The minimum atomic E-state index is -4.45. The summed E-state index contributed by atoms with van der Waals surface area (Å²) in [5.74, 6) is 0. The molecule has 0 amide bonds. The van der Waals surface area contributed by atoms with Crippen LogP contribution in [0.15, 0.2) is 36.4 Å². The van der Waals surface area contributed by atoms with Gasteiger partial charge in [-0.15, -0.1) is 0 Å². The van der Waals surface area contributed by atoms with Crippen molar-refractivity contribution in [3.8, 4) is 0 Å². The van der Waals surface area contributed by atoms with Crippen LogP contribution in [-0.2, 0) is 19.4 Å². The van der Waals surface area contributed by atoms with Crippen molar-refractivity contribution < 1.29 is 28.7 Å². The van der Waals surface area contributed by atoms with Gasteiger partial charge in [0.15, 0.2) is 0 Å². The summed E-state index contributed by atoms with van der Waals surface area (Å²) in [6, 6.07) is 11.1. The van der Waals surface area contributed by atoms with E-state index in [2.05, 4.69) is 0 Å². The smallest absolute Gasteiger partial charge is 0.324 e. The second kappa shape index (κ2) is 13.2. The normalized spacial score (nSPS) is 13.4. The minimum absolute atomic E-state index is 0.423. The third-order valence-electron chi connectivity index (χ3n) is 7.81. The van der Waals surface area contributed by atoms with Crippen LogP contribution in [0.25, 0.3) is 10.8 Å². The maximum absolute atomic E-state index is 12.9. The third-order valence-corrected chi connectivity index (χ3v) is 11.4. The predicted octanol–water partition coefficient (Wildman–Crippen LogP) is 8.35. The molecule has 2 rings (SSSR count). The Labute approximate surface area is 217 Å². The Hall–Kier alpha value is -1.00. The van der Waals surface area contributed by atoms with Gasteiger partial charge < -0.3 is 19.6 Å². The zero-order valence-electron chi connectivity index (χ0n) is 22.4. The van der Waals surface area contributed by atoms with E-state index in [1.807, 2.05) is 64.1 Å². The number of fused-ring (bicyclic) bond motifs is 1. The predicted molar refractivity (Wildman–Crippen MR) is 149 cm³/mol. The minimum Gasteiger partial charge on any atom is -0.324 e. The molecule has 0 fully saturated rings. The van der Waals surface area contributed by atoms with E-state index in [1.54, 1.807) is 0 Å². The summed E-state index contributed by atoms with van der Waals surface area (Å²) in [5, 5.41) is -0.784. The Bertz CT molecular complexity index is 970. The van der Waals surface area contributed by atoms with Gasteiger partial charge in [0.2, 0.25) is 0 Å². The van der Waals surface area contributed by atoms with Crippen LogP contribution in [0.5, 0.6) is 0 Å². The van der Waals surface area contributed by atoms with Gasteiger partial charge in [-0.2, -0.15) is 0 Å². The number of benzene rings is 2. The van der Waals surface area contributed by atoms with E-state index in [-0.39, 0.29) is 0 Å². The van der Waals surface area contributed by atoms with Crippen molar-refractivity contribution in [2.24, 2.45) is 0 Å². The summed E-state index contributed by atoms with van der Waals surface area (Å²) in [6.07, 6.45) is 8.01. The van der Waals surface area contributed by atoms with Gasteiger partial charge in [-0.25, -0.2) is 0 Å². The van der Waals surface area contributed by atoms with Crippen molar-refractivity contribution in [3.63, 3.8) is 0 Å². The molecule has 0 aliphatic heterocycles. The molecule has 0 saturated heterocycles. The molecule has 0 aliphatic carbocycles. The van der Waals surface area contributed by atoms with E-state index in [4.69, 9.17) is 0 Å². The molecule has 0 aliphatic rings. The van der Waals surface area contributed by atoms with Crippen molar-refractivity contribution in [2.75, 3.05) is 0 Å². The van der Waals surface area contributed by atoms with Crippen LogP contribution in [0.2, 0.25) is 0 Å². The summed E-state index contributed by atoms with van der Waals surface area (Å²) in [6.45, 7) is 8.10. The number of rotatable bonds is 16. The maximum atomic E-state index is 12.9. The molecule has 0 saturated carbocycles. The zero-order valence-corrected chi connectivity index (χ0v) is 24.2. The molecule has 204 valence electrons. The van der Waals surface area contributed by atoms with Gasteiger partial charge in [0.05, 0.1) is 10.3 Å². The molecule has 0 aromatic heterocycles. The van der Waals surface area contributed by atoms with E-state index in [0.717, 1.165) is 62.1 Å². The van der Waals surface area contributed by atoms with Crippen LogP contribution in [0.1, 0.15) is 116 Å². The lowest BCUT2D eigenvalue weighted by Gasteiger charge is -2.36.